The zero-order valence-electron chi connectivity index (χ0n) is 35.5. The van der Waals surface area contributed by atoms with E-state index in [0.29, 0.717) is 13.0 Å². The van der Waals surface area contributed by atoms with Gasteiger partial charge in [-0.2, -0.15) is 0 Å². The van der Waals surface area contributed by atoms with E-state index in [2.05, 4.69) is 13.8 Å². The molecule has 0 spiro atoms. The fraction of sp³-hybridized carbons (Fsp3) is 0.977. The van der Waals surface area contributed by atoms with Gasteiger partial charge in [0, 0.05) is 13.0 Å². The summed E-state index contributed by atoms with van der Waals surface area (Å²) in [5.74, 6) is -0.472. The number of ether oxygens (including phenoxy) is 2. The predicted molar refractivity (Wildman–Crippen MR) is 221 cm³/mol. The standard InChI is InChI=1S/C43H85O12P/c1-3-5-7-9-11-13-15-17-18-19-20-22-24-26-28-30-32-37(44)54-36(34-52-33-31-29-27-25-23-21-16-14-12-10-8-6-4-2)35-53-56(50,51)55-43-41(48)39(46)38(45)40(47)42(43)49/h36,38-43,45-49H,3-35H2,1-2H3,(H,50,51). The van der Waals surface area contributed by atoms with Crippen LogP contribution in [0.2, 0.25) is 0 Å². The van der Waals surface area contributed by atoms with Gasteiger partial charge in [-0.25, -0.2) is 4.57 Å². The monoisotopic (exact) mass is 825 g/mol. The van der Waals surface area contributed by atoms with E-state index in [1.165, 1.54) is 141 Å². The molecule has 0 saturated heterocycles. The van der Waals surface area contributed by atoms with E-state index in [0.717, 1.165) is 38.5 Å². The summed E-state index contributed by atoms with van der Waals surface area (Å²) in [5, 5.41) is 50.1. The van der Waals surface area contributed by atoms with Crippen molar-refractivity contribution in [3.63, 3.8) is 0 Å². The molecular weight excluding hydrogens is 739 g/mol. The Labute approximate surface area is 340 Å². The van der Waals surface area contributed by atoms with Gasteiger partial charge in [0.05, 0.1) is 13.2 Å². The van der Waals surface area contributed by atoms with Crippen LogP contribution in [0.3, 0.4) is 0 Å². The zero-order chi connectivity index (χ0) is 41.3. The molecule has 12 nitrogen and oxygen atoms in total. The Morgan fingerprint density at radius 3 is 1.23 bits per heavy atom. The van der Waals surface area contributed by atoms with Crippen LogP contribution in [0.25, 0.3) is 0 Å². The number of unbranched alkanes of at least 4 members (excludes halogenated alkanes) is 27. The van der Waals surface area contributed by atoms with Gasteiger partial charge in [-0.05, 0) is 12.8 Å². The van der Waals surface area contributed by atoms with Crippen molar-refractivity contribution >= 4 is 13.8 Å². The Morgan fingerprint density at radius 2 is 0.839 bits per heavy atom. The third kappa shape index (κ3) is 27.2. The highest BCUT2D eigenvalue weighted by molar-refractivity contribution is 7.47. The van der Waals surface area contributed by atoms with Crippen molar-refractivity contribution in [2.45, 2.75) is 249 Å². The molecule has 1 aliphatic carbocycles. The molecule has 0 aromatic rings. The molecule has 6 unspecified atom stereocenters. The first-order chi connectivity index (χ1) is 27.0. The number of esters is 1. The Balaban J connectivity index is 2.38. The number of hydrogen-bond acceptors (Lipinski definition) is 11. The van der Waals surface area contributed by atoms with Gasteiger partial charge in [-0.3, -0.25) is 13.8 Å². The quantitative estimate of drug-likeness (QED) is 0.0196. The van der Waals surface area contributed by atoms with Gasteiger partial charge < -0.3 is 39.9 Å². The van der Waals surface area contributed by atoms with Crippen LogP contribution in [0.4, 0.5) is 0 Å². The summed E-state index contributed by atoms with van der Waals surface area (Å²) < 4.78 is 34.2. The van der Waals surface area contributed by atoms with Crippen molar-refractivity contribution in [1.29, 1.82) is 0 Å². The van der Waals surface area contributed by atoms with Crippen LogP contribution in [-0.2, 0) is 27.9 Å². The molecule has 0 amide bonds. The first-order valence-electron chi connectivity index (χ1n) is 22.9. The lowest BCUT2D eigenvalue weighted by Crippen LogP contribution is -2.64. The summed E-state index contributed by atoms with van der Waals surface area (Å²) in [6.07, 6.45) is 23.1. The van der Waals surface area contributed by atoms with Gasteiger partial charge in [-0.15, -0.1) is 0 Å². The Bertz CT molecular complexity index is 942. The lowest BCUT2D eigenvalue weighted by molar-refractivity contribution is -0.220. The van der Waals surface area contributed by atoms with Gasteiger partial charge >= 0.3 is 13.8 Å². The van der Waals surface area contributed by atoms with Crippen molar-refractivity contribution in [3.05, 3.63) is 0 Å². The predicted octanol–water partition coefficient (Wildman–Crippen LogP) is 8.98. The third-order valence-electron chi connectivity index (χ3n) is 11.0. The summed E-state index contributed by atoms with van der Waals surface area (Å²) in [5.41, 5.74) is 0. The van der Waals surface area contributed by atoms with E-state index in [-0.39, 0.29) is 13.0 Å². The van der Waals surface area contributed by atoms with Crippen molar-refractivity contribution in [3.8, 4) is 0 Å². The lowest BCUT2D eigenvalue weighted by atomic mass is 9.85. The number of phosphoric acid groups is 1. The number of aliphatic hydroxyl groups excluding tert-OH is 5. The highest BCUT2D eigenvalue weighted by Gasteiger charge is 2.51. The molecule has 0 radical (unpaired) electrons. The fourth-order valence-corrected chi connectivity index (χ4v) is 8.27. The van der Waals surface area contributed by atoms with Gasteiger partial charge in [0.1, 0.15) is 42.7 Å². The fourth-order valence-electron chi connectivity index (χ4n) is 7.30. The topological polar surface area (TPSA) is 192 Å². The van der Waals surface area contributed by atoms with Crippen LogP contribution >= 0.6 is 7.82 Å². The number of carbonyl (C=O) groups excluding carboxylic acids is 1. The molecule has 0 aromatic carbocycles. The second-order valence-corrected chi connectivity index (χ2v) is 17.7. The molecular formula is C43H85O12P. The first kappa shape index (κ1) is 53.4. The molecule has 0 bridgehead atoms. The van der Waals surface area contributed by atoms with Crippen LogP contribution in [-0.4, -0.2) is 98.9 Å². The normalized spacial score (nSPS) is 22.9. The Kier molecular flexibility index (Phi) is 33.5. The van der Waals surface area contributed by atoms with Crippen molar-refractivity contribution in [1.82, 2.24) is 0 Å². The van der Waals surface area contributed by atoms with Crippen LogP contribution in [0.5, 0.6) is 0 Å². The maximum Gasteiger partial charge on any atom is 0.472 e. The summed E-state index contributed by atoms with van der Waals surface area (Å²) in [6.45, 7) is 4.29. The molecule has 334 valence electrons. The van der Waals surface area contributed by atoms with Crippen molar-refractivity contribution in [2.24, 2.45) is 0 Å². The molecule has 1 rings (SSSR count). The number of aliphatic hydroxyl groups is 5. The maximum atomic E-state index is 12.8. The number of carbonyl (C=O) groups is 1. The zero-order valence-corrected chi connectivity index (χ0v) is 36.4. The number of phosphoric ester groups is 1. The number of hydrogen-bond donors (Lipinski definition) is 6. The summed E-state index contributed by atoms with van der Waals surface area (Å²) in [7, 11) is -5.01. The largest absolute Gasteiger partial charge is 0.472 e. The van der Waals surface area contributed by atoms with Gasteiger partial charge in [-0.1, -0.05) is 187 Å². The molecule has 13 heteroatoms. The number of rotatable bonds is 39. The van der Waals surface area contributed by atoms with E-state index in [1.54, 1.807) is 0 Å². The molecule has 0 aliphatic heterocycles. The minimum Gasteiger partial charge on any atom is -0.457 e. The summed E-state index contributed by atoms with van der Waals surface area (Å²) >= 11 is 0. The van der Waals surface area contributed by atoms with Crippen LogP contribution < -0.4 is 0 Å². The Hall–Kier alpha value is -0.660. The smallest absolute Gasteiger partial charge is 0.457 e. The SMILES string of the molecule is CCCCCCCCCCCCCCCCCCC(=O)OC(COCCCCCCCCCCCCCCC)COP(=O)(O)OC1C(O)C(O)C(O)C(O)C1O. The Morgan fingerprint density at radius 1 is 0.500 bits per heavy atom. The second kappa shape index (κ2) is 35.1. The molecule has 56 heavy (non-hydrogen) atoms. The minimum atomic E-state index is -5.01. The van der Waals surface area contributed by atoms with Gasteiger partial charge in [0.2, 0.25) is 0 Å². The molecule has 6 atom stereocenters. The highest BCUT2D eigenvalue weighted by atomic mass is 31.2. The lowest BCUT2D eigenvalue weighted by Gasteiger charge is -2.41. The van der Waals surface area contributed by atoms with Crippen molar-refractivity contribution < 1.29 is 58.3 Å². The summed E-state index contributed by atoms with van der Waals surface area (Å²) in [6, 6.07) is 0. The van der Waals surface area contributed by atoms with E-state index in [9.17, 15) is 39.8 Å². The molecule has 1 saturated carbocycles. The van der Waals surface area contributed by atoms with E-state index in [1.807, 2.05) is 0 Å². The van der Waals surface area contributed by atoms with Crippen LogP contribution in [0, 0.1) is 0 Å². The molecule has 1 fully saturated rings. The maximum absolute atomic E-state index is 12.8. The molecule has 6 N–H and O–H groups in total. The minimum absolute atomic E-state index is 0.0682. The third-order valence-corrected chi connectivity index (χ3v) is 12.0. The average Bonchev–Trinajstić information content (AvgIpc) is 3.18. The summed E-state index contributed by atoms with van der Waals surface area (Å²) in [4.78, 5) is 23.1. The van der Waals surface area contributed by atoms with Crippen LogP contribution in [0.15, 0.2) is 0 Å². The molecule has 0 heterocycles. The van der Waals surface area contributed by atoms with Crippen molar-refractivity contribution in [2.75, 3.05) is 19.8 Å². The van der Waals surface area contributed by atoms with Gasteiger partial charge in [0.15, 0.2) is 0 Å². The second-order valence-electron chi connectivity index (χ2n) is 16.3. The van der Waals surface area contributed by atoms with E-state index in [4.69, 9.17) is 18.5 Å². The van der Waals surface area contributed by atoms with Crippen LogP contribution in [0.1, 0.15) is 206 Å². The van der Waals surface area contributed by atoms with E-state index < -0.39 is 63.1 Å². The van der Waals surface area contributed by atoms with E-state index >= 15 is 0 Å². The molecule has 1 aliphatic rings. The molecule has 0 aromatic heterocycles. The van der Waals surface area contributed by atoms with Gasteiger partial charge in [0.25, 0.3) is 0 Å². The average molecular weight is 825 g/mol. The highest BCUT2D eigenvalue weighted by Crippen LogP contribution is 2.47. The first-order valence-corrected chi connectivity index (χ1v) is 24.4.